The molecule has 0 unspecified atom stereocenters. The third kappa shape index (κ3) is 3.95. The van der Waals surface area contributed by atoms with E-state index in [0.29, 0.717) is 23.7 Å². The number of ether oxygens (including phenoxy) is 1. The summed E-state index contributed by atoms with van der Waals surface area (Å²) in [6, 6.07) is 10.4. The summed E-state index contributed by atoms with van der Waals surface area (Å²) < 4.78 is 29.1. The fraction of sp³-hybridized carbons (Fsp3) is 0.375. The Balaban J connectivity index is 2.31. The summed E-state index contributed by atoms with van der Waals surface area (Å²) in [6.45, 7) is 4.98. The molecule has 2 aromatic rings. The predicted octanol–water partition coefficient (Wildman–Crippen LogP) is 3.30. The van der Waals surface area contributed by atoms with Gasteiger partial charge in [0.1, 0.15) is 5.75 Å². The third-order valence-corrected chi connectivity index (χ3v) is 4.30. The molecule has 0 aliphatic rings. The zero-order chi connectivity index (χ0) is 15.5. The predicted molar refractivity (Wildman–Crippen MR) is 84.9 cm³/mol. The van der Waals surface area contributed by atoms with E-state index < -0.39 is 10.0 Å². The SMILES string of the molecule is CC(C)CCCOc1ccc(S(N)(=O)=O)c2ccccc12. The van der Waals surface area contributed by atoms with Gasteiger partial charge in [0.05, 0.1) is 11.5 Å². The molecule has 2 rings (SSSR count). The van der Waals surface area contributed by atoms with Crippen molar-refractivity contribution in [1.29, 1.82) is 0 Å². The average molecular weight is 307 g/mol. The van der Waals surface area contributed by atoms with Gasteiger partial charge in [-0.15, -0.1) is 0 Å². The summed E-state index contributed by atoms with van der Waals surface area (Å²) in [5.41, 5.74) is 0. The summed E-state index contributed by atoms with van der Waals surface area (Å²) in [6.07, 6.45) is 2.08. The first-order valence-corrected chi connectivity index (χ1v) is 8.61. The van der Waals surface area contributed by atoms with E-state index in [0.717, 1.165) is 18.2 Å². The van der Waals surface area contributed by atoms with Crippen LogP contribution in [-0.4, -0.2) is 15.0 Å². The lowest BCUT2D eigenvalue weighted by atomic mass is 10.1. The summed E-state index contributed by atoms with van der Waals surface area (Å²) in [5, 5.41) is 6.63. The number of hydrogen-bond donors (Lipinski definition) is 1. The van der Waals surface area contributed by atoms with Gasteiger partial charge in [-0.05, 0) is 30.9 Å². The van der Waals surface area contributed by atoms with Crippen molar-refractivity contribution < 1.29 is 13.2 Å². The van der Waals surface area contributed by atoms with E-state index in [2.05, 4.69) is 13.8 Å². The quantitative estimate of drug-likeness (QED) is 0.832. The Morgan fingerprint density at radius 3 is 2.38 bits per heavy atom. The topological polar surface area (TPSA) is 69.4 Å². The third-order valence-electron chi connectivity index (χ3n) is 3.33. The lowest BCUT2D eigenvalue weighted by Crippen LogP contribution is -2.12. The van der Waals surface area contributed by atoms with Crippen LogP contribution in [0.25, 0.3) is 10.8 Å². The molecule has 0 atom stereocenters. The monoisotopic (exact) mass is 307 g/mol. The molecule has 0 aliphatic carbocycles. The Morgan fingerprint density at radius 1 is 1.10 bits per heavy atom. The Hall–Kier alpha value is -1.59. The van der Waals surface area contributed by atoms with E-state index in [1.807, 2.05) is 12.1 Å². The molecule has 21 heavy (non-hydrogen) atoms. The van der Waals surface area contributed by atoms with Crippen LogP contribution in [-0.2, 0) is 10.0 Å². The highest BCUT2D eigenvalue weighted by atomic mass is 32.2. The van der Waals surface area contributed by atoms with E-state index in [1.165, 1.54) is 6.07 Å². The molecule has 0 heterocycles. The van der Waals surface area contributed by atoms with Crippen molar-refractivity contribution in [2.24, 2.45) is 11.1 Å². The first kappa shape index (κ1) is 15.8. The van der Waals surface area contributed by atoms with Crippen LogP contribution in [0, 0.1) is 5.92 Å². The molecule has 0 saturated carbocycles. The first-order valence-electron chi connectivity index (χ1n) is 7.07. The Labute approximate surface area is 126 Å². The van der Waals surface area contributed by atoms with E-state index in [-0.39, 0.29) is 4.90 Å². The van der Waals surface area contributed by atoms with Crippen molar-refractivity contribution in [2.75, 3.05) is 6.61 Å². The minimum Gasteiger partial charge on any atom is -0.493 e. The largest absolute Gasteiger partial charge is 0.493 e. The highest BCUT2D eigenvalue weighted by molar-refractivity contribution is 7.89. The minimum atomic E-state index is -3.74. The molecule has 0 saturated heterocycles. The van der Waals surface area contributed by atoms with Crippen LogP contribution in [0.2, 0.25) is 0 Å². The van der Waals surface area contributed by atoms with Gasteiger partial charge < -0.3 is 4.74 Å². The standard InChI is InChI=1S/C16H21NO3S/c1-12(2)6-5-11-20-15-9-10-16(21(17,18)19)14-8-4-3-7-13(14)15/h3-4,7-10,12H,5-6,11H2,1-2H3,(H2,17,18,19). The molecule has 2 aromatic carbocycles. The van der Waals surface area contributed by atoms with E-state index in [1.54, 1.807) is 18.2 Å². The summed E-state index contributed by atoms with van der Waals surface area (Å²) >= 11 is 0. The molecule has 4 nitrogen and oxygen atoms in total. The molecule has 5 heteroatoms. The van der Waals surface area contributed by atoms with Gasteiger partial charge >= 0.3 is 0 Å². The van der Waals surface area contributed by atoms with Crippen LogP contribution in [0.15, 0.2) is 41.3 Å². The van der Waals surface area contributed by atoms with Crippen LogP contribution in [0.3, 0.4) is 0 Å². The Kier molecular flexibility index (Phi) is 4.85. The Morgan fingerprint density at radius 2 is 1.76 bits per heavy atom. The second-order valence-corrected chi connectivity index (χ2v) is 7.07. The molecule has 0 amide bonds. The smallest absolute Gasteiger partial charge is 0.238 e. The minimum absolute atomic E-state index is 0.132. The summed E-state index contributed by atoms with van der Waals surface area (Å²) in [5.74, 6) is 1.34. The van der Waals surface area contributed by atoms with Crippen LogP contribution < -0.4 is 9.88 Å². The number of nitrogens with two attached hydrogens (primary N) is 1. The lowest BCUT2D eigenvalue weighted by Gasteiger charge is -2.12. The molecule has 2 N–H and O–H groups in total. The van der Waals surface area contributed by atoms with Gasteiger partial charge in [0.25, 0.3) is 0 Å². The highest BCUT2D eigenvalue weighted by Crippen LogP contribution is 2.30. The zero-order valence-electron chi connectivity index (χ0n) is 12.4. The first-order chi connectivity index (χ1) is 9.89. The molecule has 0 fully saturated rings. The van der Waals surface area contributed by atoms with E-state index in [9.17, 15) is 8.42 Å². The van der Waals surface area contributed by atoms with Gasteiger partial charge in [0.2, 0.25) is 10.0 Å². The fourth-order valence-corrected chi connectivity index (χ4v) is 3.03. The van der Waals surface area contributed by atoms with Crippen molar-refractivity contribution in [3.63, 3.8) is 0 Å². The van der Waals surface area contributed by atoms with Gasteiger partial charge in [-0.2, -0.15) is 0 Å². The molecule has 0 bridgehead atoms. The zero-order valence-corrected chi connectivity index (χ0v) is 13.2. The number of fused-ring (bicyclic) bond motifs is 1. The van der Waals surface area contributed by atoms with Crippen molar-refractivity contribution in [3.8, 4) is 5.75 Å². The van der Waals surface area contributed by atoms with Crippen LogP contribution >= 0.6 is 0 Å². The van der Waals surface area contributed by atoms with Crippen molar-refractivity contribution in [3.05, 3.63) is 36.4 Å². The van der Waals surface area contributed by atoms with Crippen molar-refractivity contribution in [1.82, 2.24) is 0 Å². The molecule has 114 valence electrons. The van der Waals surface area contributed by atoms with Crippen molar-refractivity contribution >= 4 is 20.8 Å². The van der Waals surface area contributed by atoms with E-state index >= 15 is 0 Å². The molecule has 0 radical (unpaired) electrons. The second-order valence-electron chi connectivity index (χ2n) is 5.54. The lowest BCUT2D eigenvalue weighted by molar-refractivity contribution is 0.301. The molecule has 0 aromatic heterocycles. The van der Waals surface area contributed by atoms with Gasteiger partial charge in [0.15, 0.2) is 0 Å². The molecular weight excluding hydrogens is 286 g/mol. The number of primary sulfonamides is 1. The number of rotatable bonds is 6. The van der Waals surface area contributed by atoms with Gasteiger partial charge in [-0.1, -0.05) is 38.1 Å². The maximum absolute atomic E-state index is 11.6. The van der Waals surface area contributed by atoms with Crippen LogP contribution in [0.4, 0.5) is 0 Å². The highest BCUT2D eigenvalue weighted by Gasteiger charge is 2.14. The number of benzene rings is 2. The summed E-state index contributed by atoms with van der Waals surface area (Å²) in [4.78, 5) is 0.132. The second kappa shape index (κ2) is 6.45. The van der Waals surface area contributed by atoms with Gasteiger partial charge in [-0.25, -0.2) is 13.6 Å². The molecule has 0 spiro atoms. The number of sulfonamides is 1. The number of hydrogen-bond acceptors (Lipinski definition) is 3. The average Bonchev–Trinajstić information content (AvgIpc) is 2.42. The van der Waals surface area contributed by atoms with E-state index in [4.69, 9.17) is 9.88 Å². The van der Waals surface area contributed by atoms with Crippen LogP contribution in [0.1, 0.15) is 26.7 Å². The van der Waals surface area contributed by atoms with Crippen molar-refractivity contribution in [2.45, 2.75) is 31.6 Å². The van der Waals surface area contributed by atoms with Gasteiger partial charge in [0, 0.05) is 10.8 Å². The maximum Gasteiger partial charge on any atom is 0.238 e. The normalized spacial score (nSPS) is 12.0. The molecule has 0 aliphatic heterocycles. The fourth-order valence-electron chi connectivity index (χ4n) is 2.29. The van der Waals surface area contributed by atoms with Gasteiger partial charge in [-0.3, -0.25) is 0 Å². The maximum atomic E-state index is 11.6. The molecular formula is C16H21NO3S. The summed E-state index contributed by atoms with van der Waals surface area (Å²) in [7, 11) is -3.74. The Bertz CT molecular complexity index is 723. The van der Waals surface area contributed by atoms with Crippen LogP contribution in [0.5, 0.6) is 5.75 Å².